The molecule has 0 bridgehead atoms. The van der Waals surface area contributed by atoms with Gasteiger partial charge < -0.3 is 0 Å². The summed E-state index contributed by atoms with van der Waals surface area (Å²) in [5, 5.41) is 0. The van der Waals surface area contributed by atoms with Crippen LogP contribution in [0.3, 0.4) is 0 Å². The summed E-state index contributed by atoms with van der Waals surface area (Å²) >= 11 is 0. The van der Waals surface area contributed by atoms with Crippen LogP contribution in [-0.4, -0.2) is 0 Å². The second kappa shape index (κ2) is 8.23. The monoisotopic (exact) mass is 254 g/mol. The highest BCUT2D eigenvalue weighted by Gasteiger charge is 2.28. The molecule has 0 amide bonds. The van der Waals surface area contributed by atoms with Crippen LogP contribution in [0.4, 0.5) is 0 Å². The molecule has 110 valence electrons. The third-order valence-electron chi connectivity index (χ3n) is 5.27. The maximum atomic E-state index is 2.40. The normalized spacial score (nSPS) is 33.5. The number of rotatable bonds is 2. The second-order valence-electron chi connectivity index (χ2n) is 7.21. The molecule has 0 radical (unpaired) electrons. The minimum absolute atomic E-state index is 0. The minimum atomic E-state index is 0. The summed E-state index contributed by atoms with van der Waals surface area (Å²) in [6.45, 7) is 11.8. The molecule has 2 atom stereocenters. The Labute approximate surface area is 117 Å². The van der Waals surface area contributed by atoms with Gasteiger partial charge in [0.25, 0.3) is 0 Å². The Morgan fingerprint density at radius 3 is 1.67 bits per heavy atom. The van der Waals surface area contributed by atoms with Crippen LogP contribution in [0.25, 0.3) is 0 Å². The molecule has 0 aromatic heterocycles. The van der Waals surface area contributed by atoms with E-state index in [1.807, 2.05) is 0 Å². The standard InChI is InChI=1S/C10H20.C7H14.CH4/c1-4-10-6-8(2)5-9(3)7-10;1-3-7(2)5-4-6-7;/h8-10H,4-7H2,1-3H3;3-6H2,1-2H3;1H4. The van der Waals surface area contributed by atoms with Crippen molar-refractivity contribution in [1.29, 1.82) is 0 Å². The van der Waals surface area contributed by atoms with Crippen molar-refractivity contribution in [3.8, 4) is 0 Å². The zero-order chi connectivity index (χ0) is 12.9. The molecule has 0 heterocycles. The third kappa shape index (κ3) is 5.76. The molecule has 0 nitrogen and oxygen atoms in total. The first kappa shape index (κ1) is 18.0. The number of hydrogen-bond acceptors (Lipinski definition) is 0. The van der Waals surface area contributed by atoms with Crippen LogP contribution >= 0.6 is 0 Å². The smallest absolute Gasteiger partial charge is 0.0328 e. The molecule has 2 unspecified atom stereocenters. The quantitative estimate of drug-likeness (QED) is 0.515. The Morgan fingerprint density at radius 2 is 1.44 bits per heavy atom. The summed E-state index contributed by atoms with van der Waals surface area (Å²) < 4.78 is 0. The van der Waals surface area contributed by atoms with Gasteiger partial charge in [-0.3, -0.25) is 0 Å². The fourth-order valence-electron chi connectivity index (χ4n) is 3.58. The van der Waals surface area contributed by atoms with E-state index in [1.165, 1.54) is 51.4 Å². The van der Waals surface area contributed by atoms with E-state index in [4.69, 9.17) is 0 Å². The fraction of sp³-hybridized carbons (Fsp3) is 1.00. The molecule has 0 heteroatoms. The lowest BCUT2D eigenvalue weighted by Gasteiger charge is -2.37. The Bertz CT molecular complexity index is 187. The van der Waals surface area contributed by atoms with Gasteiger partial charge in [-0.25, -0.2) is 0 Å². The Balaban J connectivity index is 0.000000321. The molecule has 0 spiro atoms. The average molecular weight is 255 g/mol. The summed E-state index contributed by atoms with van der Waals surface area (Å²) in [5.74, 6) is 3.03. The molecule has 18 heavy (non-hydrogen) atoms. The molecular formula is C18H38. The fourth-order valence-corrected chi connectivity index (χ4v) is 3.58. The summed E-state index contributed by atoms with van der Waals surface area (Å²) in [6, 6.07) is 0. The lowest BCUT2D eigenvalue weighted by atomic mass is 9.69. The first-order valence-electron chi connectivity index (χ1n) is 7.99. The molecule has 0 saturated heterocycles. The van der Waals surface area contributed by atoms with E-state index in [0.29, 0.717) is 0 Å². The van der Waals surface area contributed by atoms with E-state index in [0.717, 1.165) is 23.2 Å². The highest BCUT2D eigenvalue weighted by Crippen LogP contribution is 2.42. The van der Waals surface area contributed by atoms with E-state index in [9.17, 15) is 0 Å². The van der Waals surface area contributed by atoms with Gasteiger partial charge in [0, 0.05) is 0 Å². The second-order valence-corrected chi connectivity index (χ2v) is 7.21. The zero-order valence-corrected chi connectivity index (χ0v) is 12.9. The largest absolute Gasteiger partial charge is 0.0776 e. The van der Waals surface area contributed by atoms with Gasteiger partial charge in [-0.1, -0.05) is 61.3 Å². The predicted octanol–water partition coefficient (Wildman–Crippen LogP) is 6.69. The van der Waals surface area contributed by atoms with Crippen molar-refractivity contribution in [1.82, 2.24) is 0 Å². The van der Waals surface area contributed by atoms with Gasteiger partial charge in [-0.15, -0.1) is 0 Å². The maximum Gasteiger partial charge on any atom is -0.0328 e. The van der Waals surface area contributed by atoms with Crippen LogP contribution in [-0.2, 0) is 0 Å². The molecule has 0 aromatic carbocycles. The lowest BCUT2D eigenvalue weighted by Crippen LogP contribution is -2.23. The van der Waals surface area contributed by atoms with Crippen LogP contribution < -0.4 is 0 Å². The first-order valence-corrected chi connectivity index (χ1v) is 7.99. The Morgan fingerprint density at radius 1 is 0.944 bits per heavy atom. The molecule has 0 N–H and O–H groups in total. The van der Waals surface area contributed by atoms with Crippen LogP contribution in [0.1, 0.15) is 93.4 Å². The minimum Gasteiger partial charge on any atom is -0.0776 e. The van der Waals surface area contributed by atoms with E-state index in [-0.39, 0.29) is 7.43 Å². The van der Waals surface area contributed by atoms with Crippen molar-refractivity contribution in [2.45, 2.75) is 93.4 Å². The zero-order valence-electron chi connectivity index (χ0n) is 12.9. The van der Waals surface area contributed by atoms with Crippen molar-refractivity contribution in [2.75, 3.05) is 0 Å². The van der Waals surface area contributed by atoms with Gasteiger partial charge in [-0.05, 0) is 55.3 Å². The molecule has 0 aliphatic heterocycles. The molecule has 2 rings (SSSR count). The maximum absolute atomic E-state index is 2.40. The van der Waals surface area contributed by atoms with Gasteiger partial charge in [0.2, 0.25) is 0 Å². The predicted molar refractivity (Wildman–Crippen MR) is 84.9 cm³/mol. The van der Waals surface area contributed by atoms with Gasteiger partial charge in [0.1, 0.15) is 0 Å². The summed E-state index contributed by atoms with van der Waals surface area (Å²) in [7, 11) is 0. The summed E-state index contributed by atoms with van der Waals surface area (Å²) in [6.07, 6.45) is 11.6. The molecule has 2 aliphatic carbocycles. The van der Waals surface area contributed by atoms with Gasteiger partial charge in [0.05, 0.1) is 0 Å². The molecule has 2 aliphatic rings. The summed E-state index contributed by atoms with van der Waals surface area (Å²) in [4.78, 5) is 0. The van der Waals surface area contributed by atoms with Crippen LogP contribution in [0.5, 0.6) is 0 Å². The van der Waals surface area contributed by atoms with Crippen LogP contribution in [0, 0.1) is 23.2 Å². The van der Waals surface area contributed by atoms with Crippen molar-refractivity contribution in [3.05, 3.63) is 0 Å². The SMILES string of the molecule is C.CCC1(C)CCC1.CCC1CC(C)CC(C)C1. The van der Waals surface area contributed by atoms with E-state index in [2.05, 4.69) is 34.6 Å². The topological polar surface area (TPSA) is 0 Å². The van der Waals surface area contributed by atoms with E-state index >= 15 is 0 Å². The summed E-state index contributed by atoms with van der Waals surface area (Å²) in [5.41, 5.74) is 0.764. The van der Waals surface area contributed by atoms with Crippen molar-refractivity contribution >= 4 is 0 Å². The van der Waals surface area contributed by atoms with Crippen LogP contribution in [0.2, 0.25) is 0 Å². The average Bonchev–Trinajstić information content (AvgIpc) is 2.25. The molecule has 0 aromatic rings. The van der Waals surface area contributed by atoms with Crippen LogP contribution in [0.15, 0.2) is 0 Å². The van der Waals surface area contributed by atoms with Crippen molar-refractivity contribution in [2.24, 2.45) is 23.2 Å². The van der Waals surface area contributed by atoms with Gasteiger partial charge in [-0.2, -0.15) is 0 Å². The molecule has 2 fully saturated rings. The molecule has 2 saturated carbocycles. The van der Waals surface area contributed by atoms with Gasteiger partial charge in [0.15, 0.2) is 0 Å². The highest BCUT2D eigenvalue weighted by molar-refractivity contribution is 4.81. The Kier molecular flexibility index (Phi) is 8.23. The van der Waals surface area contributed by atoms with E-state index in [1.54, 1.807) is 0 Å². The highest BCUT2D eigenvalue weighted by atomic mass is 14.3. The Hall–Kier alpha value is 0. The third-order valence-corrected chi connectivity index (χ3v) is 5.27. The molecular weight excluding hydrogens is 216 g/mol. The van der Waals surface area contributed by atoms with Crippen molar-refractivity contribution < 1.29 is 0 Å². The van der Waals surface area contributed by atoms with Crippen molar-refractivity contribution in [3.63, 3.8) is 0 Å². The first-order chi connectivity index (χ1) is 7.99. The van der Waals surface area contributed by atoms with E-state index < -0.39 is 0 Å². The number of hydrogen-bond donors (Lipinski definition) is 0. The van der Waals surface area contributed by atoms with Gasteiger partial charge >= 0.3 is 0 Å². The lowest BCUT2D eigenvalue weighted by molar-refractivity contribution is 0.155.